The Morgan fingerprint density at radius 1 is 1.04 bits per heavy atom. The molecule has 8 heteroatoms. The van der Waals surface area contributed by atoms with Crippen LogP contribution in [0.15, 0.2) is 18.2 Å². The maximum Gasteiger partial charge on any atom is 0.203 e. The molecule has 0 fully saturated rings. The van der Waals surface area contributed by atoms with Crippen LogP contribution in [0.5, 0.6) is 23.0 Å². The molecule has 0 amide bonds. The van der Waals surface area contributed by atoms with Crippen molar-refractivity contribution in [2.45, 2.75) is 0 Å². The second-order valence-corrected chi connectivity index (χ2v) is 5.51. The minimum Gasteiger partial charge on any atom is -0.505 e. The van der Waals surface area contributed by atoms with Gasteiger partial charge >= 0.3 is 0 Å². The SMILES string of the molecule is COc1cc(C(=O)c2cc(Cl)c(O)c(Cl)c2N)cc(OC)c1OC. The lowest BCUT2D eigenvalue weighted by atomic mass is 10.0. The first-order chi connectivity index (χ1) is 11.3. The number of halogens is 2. The average molecular weight is 372 g/mol. The number of hydrogen-bond acceptors (Lipinski definition) is 6. The number of methoxy groups -OCH3 is 3. The highest BCUT2D eigenvalue weighted by Crippen LogP contribution is 2.41. The molecule has 0 saturated carbocycles. The zero-order valence-electron chi connectivity index (χ0n) is 13.1. The van der Waals surface area contributed by atoms with Gasteiger partial charge in [-0.25, -0.2) is 0 Å². The third-order valence-electron chi connectivity index (χ3n) is 3.40. The summed E-state index contributed by atoms with van der Waals surface area (Å²) in [5.41, 5.74) is 6.04. The summed E-state index contributed by atoms with van der Waals surface area (Å²) in [6, 6.07) is 4.22. The minimum atomic E-state index is -0.462. The number of phenols is 1. The maximum absolute atomic E-state index is 12.8. The quantitative estimate of drug-likeness (QED) is 0.616. The Morgan fingerprint density at radius 2 is 1.58 bits per heavy atom. The van der Waals surface area contributed by atoms with Crippen LogP contribution in [-0.4, -0.2) is 32.2 Å². The first kappa shape index (κ1) is 18.0. The van der Waals surface area contributed by atoms with E-state index < -0.39 is 5.78 Å². The number of ether oxygens (including phenoxy) is 3. The van der Waals surface area contributed by atoms with Crippen molar-refractivity contribution in [1.29, 1.82) is 0 Å². The van der Waals surface area contributed by atoms with Crippen molar-refractivity contribution in [3.05, 3.63) is 39.4 Å². The lowest BCUT2D eigenvalue weighted by Gasteiger charge is -2.15. The first-order valence-corrected chi connectivity index (χ1v) is 7.42. The van der Waals surface area contributed by atoms with E-state index in [2.05, 4.69) is 0 Å². The molecule has 128 valence electrons. The summed E-state index contributed by atoms with van der Waals surface area (Å²) in [4.78, 5) is 12.8. The highest BCUT2D eigenvalue weighted by molar-refractivity contribution is 6.40. The summed E-state index contributed by atoms with van der Waals surface area (Å²) < 4.78 is 15.7. The van der Waals surface area contributed by atoms with Gasteiger partial charge in [-0.3, -0.25) is 4.79 Å². The number of carbonyl (C=O) groups is 1. The molecule has 0 aliphatic carbocycles. The topological polar surface area (TPSA) is 91.0 Å². The van der Waals surface area contributed by atoms with E-state index in [-0.39, 0.29) is 32.6 Å². The van der Waals surface area contributed by atoms with Crippen molar-refractivity contribution in [3.63, 3.8) is 0 Å². The average Bonchev–Trinajstić information content (AvgIpc) is 2.60. The number of nitrogen functional groups attached to an aromatic ring is 1. The van der Waals surface area contributed by atoms with Gasteiger partial charge in [-0.2, -0.15) is 0 Å². The Balaban J connectivity index is 2.63. The van der Waals surface area contributed by atoms with E-state index >= 15 is 0 Å². The van der Waals surface area contributed by atoms with Crippen LogP contribution in [0.3, 0.4) is 0 Å². The number of benzene rings is 2. The van der Waals surface area contributed by atoms with Crippen molar-refractivity contribution in [2.75, 3.05) is 27.1 Å². The van der Waals surface area contributed by atoms with Crippen LogP contribution in [0.4, 0.5) is 5.69 Å². The summed E-state index contributed by atoms with van der Waals surface area (Å²) in [6.07, 6.45) is 0. The Hall–Kier alpha value is -2.31. The van der Waals surface area contributed by atoms with E-state index in [4.69, 9.17) is 43.1 Å². The summed E-state index contributed by atoms with van der Waals surface area (Å²) in [6.45, 7) is 0. The molecular weight excluding hydrogens is 357 g/mol. The smallest absolute Gasteiger partial charge is 0.203 e. The third kappa shape index (κ3) is 3.02. The molecule has 0 bridgehead atoms. The number of carbonyl (C=O) groups excluding carboxylic acids is 1. The standard InChI is InChI=1S/C16H15Cl2NO5/c1-22-10-4-7(5-11(23-2)16(10)24-3)14(20)8-6-9(17)15(21)12(18)13(8)19/h4-6,21H,19H2,1-3H3. The van der Waals surface area contributed by atoms with E-state index in [0.29, 0.717) is 17.2 Å². The monoisotopic (exact) mass is 371 g/mol. The first-order valence-electron chi connectivity index (χ1n) is 6.66. The van der Waals surface area contributed by atoms with E-state index in [1.54, 1.807) is 0 Å². The molecule has 0 saturated heterocycles. The van der Waals surface area contributed by atoms with Crippen LogP contribution in [0, 0.1) is 0 Å². The second-order valence-electron chi connectivity index (χ2n) is 4.73. The van der Waals surface area contributed by atoms with Gasteiger partial charge in [0, 0.05) is 11.1 Å². The molecule has 0 radical (unpaired) electrons. The molecule has 2 aromatic rings. The Bertz CT molecular complexity index is 783. The Kier molecular flexibility index (Phi) is 5.31. The fourth-order valence-electron chi connectivity index (χ4n) is 2.18. The van der Waals surface area contributed by atoms with E-state index in [1.807, 2.05) is 0 Å². The predicted octanol–water partition coefficient (Wildman–Crippen LogP) is 3.54. The second kappa shape index (κ2) is 7.07. The number of phenolic OH excluding ortho intramolecular Hbond substituents is 1. The molecule has 0 atom stereocenters. The molecular formula is C16H15Cl2NO5. The minimum absolute atomic E-state index is 0.0528. The zero-order valence-corrected chi connectivity index (χ0v) is 14.7. The lowest BCUT2D eigenvalue weighted by molar-refractivity contribution is 0.103. The van der Waals surface area contributed by atoms with Gasteiger partial charge in [0.05, 0.1) is 32.0 Å². The number of rotatable bonds is 5. The summed E-state index contributed by atoms with van der Waals surface area (Å²) in [5.74, 6) is 0.142. The van der Waals surface area contributed by atoms with E-state index in [1.165, 1.54) is 39.5 Å². The number of ketones is 1. The highest BCUT2D eigenvalue weighted by atomic mass is 35.5. The van der Waals surface area contributed by atoms with Crippen LogP contribution < -0.4 is 19.9 Å². The van der Waals surface area contributed by atoms with Gasteiger partial charge in [-0.15, -0.1) is 0 Å². The molecule has 2 rings (SSSR count). The molecule has 0 aliphatic rings. The number of anilines is 1. The summed E-state index contributed by atoms with van der Waals surface area (Å²) >= 11 is 11.8. The van der Waals surface area contributed by atoms with Crippen molar-refractivity contribution in [3.8, 4) is 23.0 Å². The fourth-order valence-corrected chi connectivity index (χ4v) is 2.63. The number of aromatic hydroxyl groups is 1. The number of hydrogen-bond donors (Lipinski definition) is 2. The Labute approximate surface area is 148 Å². The van der Waals surface area contributed by atoms with Crippen LogP contribution in [0.25, 0.3) is 0 Å². The molecule has 0 spiro atoms. The Morgan fingerprint density at radius 3 is 2.04 bits per heavy atom. The van der Waals surface area contributed by atoms with Crippen LogP contribution in [0.2, 0.25) is 10.0 Å². The molecule has 3 N–H and O–H groups in total. The fraction of sp³-hybridized carbons (Fsp3) is 0.188. The van der Waals surface area contributed by atoms with E-state index in [9.17, 15) is 9.90 Å². The van der Waals surface area contributed by atoms with Gasteiger partial charge in [0.2, 0.25) is 5.75 Å². The maximum atomic E-state index is 12.8. The van der Waals surface area contributed by atoms with Gasteiger partial charge < -0.3 is 25.1 Å². The largest absolute Gasteiger partial charge is 0.505 e. The molecule has 24 heavy (non-hydrogen) atoms. The van der Waals surface area contributed by atoms with Crippen LogP contribution in [-0.2, 0) is 0 Å². The molecule has 0 aliphatic heterocycles. The van der Waals surface area contributed by atoms with Crippen LogP contribution >= 0.6 is 23.2 Å². The molecule has 0 unspecified atom stereocenters. The van der Waals surface area contributed by atoms with Gasteiger partial charge in [0.25, 0.3) is 0 Å². The van der Waals surface area contributed by atoms with Crippen molar-refractivity contribution in [1.82, 2.24) is 0 Å². The number of nitrogens with two attached hydrogens (primary N) is 1. The normalized spacial score (nSPS) is 10.4. The molecule has 0 aromatic heterocycles. The zero-order chi connectivity index (χ0) is 18.0. The molecule has 2 aromatic carbocycles. The van der Waals surface area contributed by atoms with Gasteiger partial charge in [-0.05, 0) is 18.2 Å². The van der Waals surface area contributed by atoms with Crippen molar-refractivity contribution < 1.29 is 24.1 Å². The van der Waals surface area contributed by atoms with Gasteiger partial charge in [-0.1, -0.05) is 23.2 Å². The lowest BCUT2D eigenvalue weighted by Crippen LogP contribution is -2.07. The van der Waals surface area contributed by atoms with Crippen LogP contribution in [0.1, 0.15) is 15.9 Å². The predicted molar refractivity (Wildman–Crippen MR) is 92.1 cm³/mol. The van der Waals surface area contributed by atoms with Gasteiger partial charge in [0.15, 0.2) is 23.0 Å². The van der Waals surface area contributed by atoms with Crippen molar-refractivity contribution in [2.24, 2.45) is 0 Å². The molecule has 6 nitrogen and oxygen atoms in total. The molecule has 0 heterocycles. The highest BCUT2D eigenvalue weighted by Gasteiger charge is 2.22. The summed E-state index contributed by atoms with van der Waals surface area (Å²) in [5, 5.41) is 9.42. The van der Waals surface area contributed by atoms with E-state index in [0.717, 1.165) is 0 Å². The summed E-state index contributed by atoms with van der Waals surface area (Å²) in [7, 11) is 4.34. The third-order valence-corrected chi connectivity index (χ3v) is 4.07. The van der Waals surface area contributed by atoms with Gasteiger partial charge in [0.1, 0.15) is 5.02 Å². The van der Waals surface area contributed by atoms with Crippen molar-refractivity contribution >= 4 is 34.7 Å².